The van der Waals surface area contributed by atoms with E-state index in [1.807, 2.05) is 74.6 Å². The van der Waals surface area contributed by atoms with Crippen LogP contribution in [0.4, 0.5) is 11.4 Å². The van der Waals surface area contributed by atoms with Crippen LogP contribution < -0.4 is 10.2 Å². The third-order valence-electron chi connectivity index (χ3n) is 4.50. The molecule has 0 bridgehead atoms. The van der Waals surface area contributed by atoms with Crippen molar-refractivity contribution in [1.82, 2.24) is 10.2 Å². The molecule has 5 heteroatoms. The molecule has 0 fully saturated rings. The predicted octanol–water partition coefficient (Wildman–Crippen LogP) is 4.28. The first-order chi connectivity index (χ1) is 12.6. The molecule has 1 atom stereocenters. The van der Waals surface area contributed by atoms with Gasteiger partial charge < -0.3 is 10.2 Å². The Morgan fingerprint density at radius 2 is 1.92 bits per heavy atom. The van der Waals surface area contributed by atoms with Crippen LogP contribution in [0, 0.1) is 0 Å². The summed E-state index contributed by atoms with van der Waals surface area (Å²) in [5.74, 6) is -0.164. The van der Waals surface area contributed by atoms with E-state index < -0.39 is 0 Å². The van der Waals surface area contributed by atoms with Gasteiger partial charge in [0.15, 0.2) is 0 Å². The SMILES string of the molecule is CCC(C(=O)Nc1ccc(-c2cn[nH]c2)cc1)c1cccc(N(C)C)c1. The number of amides is 1. The quantitative estimate of drug-likeness (QED) is 0.699. The number of benzene rings is 2. The van der Waals surface area contributed by atoms with E-state index in [9.17, 15) is 4.79 Å². The average Bonchev–Trinajstić information content (AvgIpc) is 3.18. The molecule has 2 N–H and O–H groups in total. The van der Waals surface area contributed by atoms with Gasteiger partial charge in [-0.2, -0.15) is 5.10 Å². The van der Waals surface area contributed by atoms with E-state index in [0.29, 0.717) is 0 Å². The van der Waals surface area contributed by atoms with Crippen LogP contribution in [0.5, 0.6) is 0 Å². The number of hydrogen-bond acceptors (Lipinski definition) is 3. The maximum Gasteiger partial charge on any atom is 0.231 e. The van der Waals surface area contributed by atoms with Crippen molar-refractivity contribution >= 4 is 17.3 Å². The molecule has 0 saturated carbocycles. The molecule has 0 aliphatic rings. The Balaban J connectivity index is 1.74. The zero-order valence-corrected chi connectivity index (χ0v) is 15.4. The summed E-state index contributed by atoms with van der Waals surface area (Å²) in [5, 5.41) is 9.80. The minimum Gasteiger partial charge on any atom is -0.378 e. The van der Waals surface area contributed by atoms with Gasteiger partial charge in [-0.25, -0.2) is 0 Å². The van der Waals surface area contributed by atoms with E-state index in [-0.39, 0.29) is 11.8 Å². The molecule has 5 nitrogen and oxygen atoms in total. The molecule has 1 heterocycles. The van der Waals surface area contributed by atoms with Crippen LogP contribution in [0.2, 0.25) is 0 Å². The van der Waals surface area contributed by atoms with E-state index in [1.165, 1.54) is 0 Å². The second-order valence-electron chi connectivity index (χ2n) is 6.50. The lowest BCUT2D eigenvalue weighted by atomic mass is 9.95. The molecule has 0 aliphatic heterocycles. The Bertz CT molecular complexity index is 854. The summed E-state index contributed by atoms with van der Waals surface area (Å²) in [6, 6.07) is 15.9. The van der Waals surface area contributed by atoms with Gasteiger partial charge >= 0.3 is 0 Å². The Morgan fingerprint density at radius 3 is 2.54 bits per heavy atom. The number of anilines is 2. The summed E-state index contributed by atoms with van der Waals surface area (Å²) in [7, 11) is 4.00. The van der Waals surface area contributed by atoms with Gasteiger partial charge in [0.05, 0.1) is 12.1 Å². The number of aromatic amines is 1. The smallest absolute Gasteiger partial charge is 0.231 e. The lowest BCUT2D eigenvalue weighted by molar-refractivity contribution is -0.117. The molecule has 0 saturated heterocycles. The van der Waals surface area contributed by atoms with Gasteiger partial charge in [-0.05, 0) is 41.8 Å². The Morgan fingerprint density at radius 1 is 1.15 bits per heavy atom. The van der Waals surface area contributed by atoms with E-state index in [2.05, 4.69) is 21.6 Å². The molecule has 134 valence electrons. The number of aromatic nitrogens is 2. The first-order valence-corrected chi connectivity index (χ1v) is 8.76. The van der Waals surface area contributed by atoms with Gasteiger partial charge in [0, 0.05) is 37.2 Å². The van der Waals surface area contributed by atoms with Gasteiger partial charge in [0.2, 0.25) is 5.91 Å². The monoisotopic (exact) mass is 348 g/mol. The largest absolute Gasteiger partial charge is 0.378 e. The minimum absolute atomic E-state index is 0.0134. The highest BCUT2D eigenvalue weighted by Gasteiger charge is 2.19. The summed E-state index contributed by atoms with van der Waals surface area (Å²) in [5.41, 5.74) is 5.01. The molecule has 3 rings (SSSR count). The highest BCUT2D eigenvalue weighted by molar-refractivity contribution is 5.96. The Hall–Kier alpha value is -3.08. The maximum absolute atomic E-state index is 12.8. The summed E-state index contributed by atoms with van der Waals surface area (Å²) in [4.78, 5) is 14.8. The molecule has 0 aliphatic carbocycles. The minimum atomic E-state index is -0.177. The Kier molecular flexibility index (Phi) is 5.37. The number of H-pyrrole nitrogens is 1. The normalized spacial score (nSPS) is 11.8. The predicted molar refractivity (Wildman–Crippen MR) is 106 cm³/mol. The van der Waals surface area contributed by atoms with Crippen LogP contribution in [0.3, 0.4) is 0 Å². The van der Waals surface area contributed by atoms with Gasteiger partial charge in [-0.1, -0.05) is 31.2 Å². The van der Waals surface area contributed by atoms with Gasteiger partial charge in [-0.15, -0.1) is 0 Å². The molecule has 3 aromatic rings. The zero-order chi connectivity index (χ0) is 18.5. The van der Waals surface area contributed by atoms with Gasteiger partial charge in [0.1, 0.15) is 0 Å². The first kappa shape index (κ1) is 17.7. The lowest BCUT2D eigenvalue weighted by Crippen LogP contribution is -2.21. The molecule has 0 spiro atoms. The highest BCUT2D eigenvalue weighted by atomic mass is 16.1. The van der Waals surface area contributed by atoms with E-state index in [0.717, 1.165) is 34.5 Å². The third-order valence-corrected chi connectivity index (χ3v) is 4.50. The Labute approximate surface area is 154 Å². The molecule has 1 amide bonds. The van der Waals surface area contributed by atoms with Crippen LogP contribution >= 0.6 is 0 Å². The molecular weight excluding hydrogens is 324 g/mol. The average molecular weight is 348 g/mol. The number of hydrogen-bond donors (Lipinski definition) is 2. The van der Waals surface area contributed by atoms with Crippen LogP contribution in [0.25, 0.3) is 11.1 Å². The summed E-state index contributed by atoms with van der Waals surface area (Å²) >= 11 is 0. The van der Waals surface area contributed by atoms with Gasteiger partial charge in [0.25, 0.3) is 0 Å². The van der Waals surface area contributed by atoms with Crippen molar-refractivity contribution in [3.05, 3.63) is 66.5 Å². The fourth-order valence-corrected chi connectivity index (χ4v) is 2.98. The molecule has 1 aromatic heterocycles. The zero-order valence-electron chi connectivity index (χ0n) is 15.4. The van der Waals surface area contributed by atoms with Crippen LogP contribution in [-0.4, -0.2) is 30.2 Å². The fraction of sp³-hybridized carbons (Fsp3) is 0.238. The molecule has 0 radical (unpaired) electrons. The number of carbonyl (C=O) groups excluding carboxylic acids is 1. The standard InChI is InChI=1S/C21H24N4O/c1-4-20(16-6-5-7-19(12-16)25(2)3)21(26)24-18-10-8-15(9-11-18)17-13-22-23-14-17/h5-14,20H,4H2,1-3H3,(H,22,23)(H,24,26). The van der Waals surface area contributed by atoms with Crippen molar-refractivity contribution in [1.29, 1.82) is 0 Å². The molecular formula is C21H24N4O. The lowest BCUT2D eigenvalue weighted by Gasteiger charge is -2.19. The second kappa shape index (κ2) is 7.87. The van der Waals surface area contributed by atoms with Crippen molar-refractivity contribution in [3.63, 3.8) is 0 Å². The summed E-state index contributed by atoms with van der Waals surface area (Å²) < 4.78 is 0. The number of nitrogens with one attached hydrogen (secondary N) is 2. The third kappa shape index (κ3) is 3.94. The summed E-state index contributed by atoms with van der Waals surface area (Å²) in [6.07, 6.45) is 4.37. The van der Waals surface area contributed by atoms with Crippen molar-refractivity contribution in [3.8, 4) is 11.1 Å². The van der Waals surface area contributed by atoms with E-state index in [4.69, 9.17) is 0 Å². The molecule has 2 aromatic carbocycles. The topological polar surface area (TPSA) is 61.0 Å². The van der Waals surface area contributed by atoms with Gasteiger partial charge in [-0.3, -0.25) is 9.89 Å². The summed E-state index contributed by atoms with van der Waals surface area (Å²) in [6.45, 7) is 2.04. The van der Waals surface area contributed by atoms with E-state index >= 15 is 0 Å². The first-order valence-electron chi connectivity index (χ1n) is 8.76. The van der Waals surface area contributed by atoms with Crippen molar-refractivity contribution in [2.24, 2.45) is 0 Å². The highest BCUT2D eigenvalue weighted by Crippen LogP contribution is 2.26. The van der Waals surface area contributed by atoms with E-state index in [1.54, 1.807) is 6.20 Å². The molecule has 26 heavy (non-hydrogen) atoms. The second-order valence-corrected chi connectivity index (χ2v) is 6.50. The van der Waals surface area contributed by atoms with Crippen LogP contribution in [-0.2, 0) is 4.79 Å². The van der Waals surface area contributed by atoms with Crippen LogP contribution in [0.1, 0.15) is 24.8 Å². The van der Waals surface area contributed by atoms with Crippen LogP contribution in [0.15, 0.2) is 60.9 Å². The fourth-order valence-electron chi connectivity index (χ4n) is 2.98. The number of nitrogens with zero attached hydrogens (tertiary/aromatic N) is 2. The molecule has 1 unspecified atom stereocenters. The van der Waals surface area contributed by atoms with Crippen molar-refractivity contribution < 1.29 is 4.79 Å². The number of carbonyl (C=O) groups is 1. The number of rotatable bonds is 6. The van der Waals surface area contributed by atoms with Crippen molar-refractivity contribution in [2.45, 2.75) is 19.3 Å². The van der Waals surface area contributed by atoms with Crippen molar-refractivity contribution in [2.75, 3.05) is 24.3 Å². The maximum atomic E-state index is 12.8.